The molecule has 1 amide bonds. The number of aromatic hydroxyl groups is 1. The minimum absolute atomic E-state index is 0.0455. The number of hydrogen-bond acceptors (Lipinski definition) is 3. The molecule has 0 saturated heterocycles. The molecular formula is C14H16N2O2. The molecule has 1 saturated carbocycles. The topological polar surface area (TPSA) is 64.3 Å². The van der Waals surface area contributed by atoms with Gasteiger partial charge >= 0.3 is 0 Å². The zero-order valence-corrected chi connectivity index (χ0v) is 10.4. The maximum absolute atomic E-state index is 12.3. The van der Waals surface area contributed by atoms with Crippen molar-refractivity contribution < 1.29 is 9.90 Å². The highest BCUT2D eigenvalue weighted by atomic mass is 16.3. The fourth-order valence-corrected chi connectivity index (χ4v) is 1.96. The number of amides is 1. The summed E-state index contributed by atoms with van der Waals surface area (Å²) in [4.78, 5) is 14.1. The van der Waals surface area contributed by atoms with Gasteiger partial charge in [0.25, 0.3) is 5.91 Å². The Morgan fingerprint density at radius 3 is 2.83 bits per heavy atom. The van der Waals surface area contributed by atoms with E-state index in [1.807, 2.05) is 0 Å². The van der Waals surface area contributed by atoms with Gasteiger partial charge in [-0.3, -0.25) is 4.79 Å². The second kappa shape index (κ2) is 5.09. The van der Waals surface area contributed by atoms with Crippen LogP contribution < -0.4 is 0 Å². The van der Waals surface area contributed by atoms with Crippen LogP contribution in [0.2, 0.25) is 0 Å². The van der Waals surface area contributed by atoms with E-state index in [1.54, 1.807) is 24.0 Å². The zero-order valence-electron chi connectivity index (χ0n) is 10.4. The summed E-state index contributed by atoms with van der Waals surface area (Å²) in [6.45, 7) is 2.25. The van der Waals surface area contributed by atoms with Crippen LogP contribution in [-0.2, 0) is 0 Å². The lowest BCUT2D eigenvalue weighted by molar-refractivity contribution is 0.0746. The van der Waals surface area contributed by atoms with Crippen LogP contribution in [0.4, 0.5) is 0 Å². The SMILES string of the molecule is Cc1cc(C(=O)N(CCC#N)C2CC2)ccc1O. The Morgan fingerprint density at radius 1 is 1.56 bits per heavy atom. The predicted molar refractivity (Wildman–Crippen MR) is 67.1 cm³/mol. The van der Waals surface area contributed by atoms with E-state index in [4.69, 9.17) is 5.26 Å². The lowest BCUT2D eigenvalue weighted by Crippen LogP contribution is -2.33. The van der Waals surface area contributed by atoms with E-state index < -0.39 is 0 Å². The number of carbonyl (C=O) groups is 1. The van der Waals surface area contributed by atoms with Crippen LogP contribution in [0.5, 0.6) is 5.75 Å². The Kier molecular flexibility index (Phi) is 3.52. The summed E-state index contributed by atoms with van der Waals surface area (Å²) in [7, 11) is 0. The smallest absolute Gasteiger partial charge is 0.254 e. The van der Waals surface area contributed by atoms with Crippen molar-refractivity contribution in [3.63, 3.8) is 0 Å². The number of benzene rings is 1. The third kappa shape index (κ3) is 2.62. The van der Waals surface area contributed by atoms with Crippen molar-refractivity contribution >= 4 is 5.91 Å². The summed E-state index contributed by atoms with van der Waals surface area (Å²) < 4.78 is 0. The number of nitrogens with zero attached hydrogens (tertiary/aromatic N) is 2. The Morgan fingerprint density at radius 2 is 2.28 bits per heavy atom. The average Bonchev–Trinajstić information content (AvgIpc) is 3.17. The minimum Gasteiger partial charge on any atom is -0.508 e. The summed E-state index contributed by atoms with van der Waals surface area (Å²) in [5, 5.41) is 18.1. The molecule has 94 valence electrons. The van der Waals surface area contributed by atoms with Crippen LogP contribution in [0.3, 0.4) is 0 Å². The lowest BCUT2D eigenvalue weighted by Gasteiger charge is -2.21. The molecule has 0 heterocycles. The summed E-state index contributed by atoms with van der Waals surface area (Å²) in [5.41, 5.74) is 1.27. The number of hydrogen-bond donors (Lipinski definition) is 1. The lowest BCUT2D eigenvalue weighted by atomic mass is 10.1. The molecule has 4 heteroatoms. The number of phenols is 1. The van der Waals surface area contributed by atoms with Gasteiger partial charge in [-0.05, 0) is 43.5 Å². The molecule has 0 aromatic heterocycles. The van der Waals surface area contributed by atoms with E-state index in [0.29, 0.717) is 30.1 Å². The molecule has 1 aromatic rings. The molecule has 4 nitrogen and oxygen atoms in total. The van der Waals surface area contributed by atoms with Gasteiger partial charge in [0.2, 0.25) is 0 Å². The van der Waals surface area contributed by atoms with Crippen LogP contribution in [0.25, 0.3) is 0 Å². The van der Waals surface area contributed by atoms with Crippen molar-refractivity contribution in [1.29, 1.82) is 5.26 Å². The van der Waals surface area contributed by atoms with Crippen molar-refractivity contribution in [3.05, 3.63) is 29.3 Å². The van der Waals surface area contributed by atoms with Gasteiger partial charge in [0.1, 0.15) is 5.75 Å². The van der Waals surface area contributed by atoms with Crippen LogP contribution in [0.15, 0.2) is 18.2 Å². The number of carbonyl (C=O) groups excluding carboxylic acids is 1. The van der Waals surface area contributed by atoms with Crippen LogP contribution >= 0.6 is 0 Å². The Balaban J connectivity index is 2.17. The van der Waals surface area contributed by atoms with Crippen LogP contribution in [0, 0.1) is 18.3 Å². The molecule has 0 radical (unpaired) electrons. The molecule has 1 aliphatic carbocycles. The quantitative estimate of drug-likeness (QED) is 0.883. The third-order valence-electron chi connectivity index (χ3n) is 3.16. The third-order valence-corrected chi connectivity index (χ3v) is 3.16. The van der Waals surface area contributed by atoms with E-state index in [0.717, 1.165) is 12.8 Å². The van der Waals surface area contributed by atoms with Crippen LogP contribution in [-0.4, -0.2) is 28.5 Å². The van der Waals surface area contributed by atoms with Crippen molar-refractivity contribution in [2.24, 2.45) is 0 Å². The fraction of sp³-hybridized carbons (Fsp3) is 0.429. The Hall–Kier alpha value is -2.02. The normalized spacial score (nSPS) is 14.0. The first kappa shape index (κ1) is 12.4. The largest absolute Gasteiger partial charge is 0.508 e. The van der Waals surface area contributed by atoms with Gasteiger partial charge in [0, 0.05) is 18.2 Å². The van der Waals surface area contributed by atoms with Gasteiger partial charge in [-0.2, -0.15) is 5.26 Å². The van der Waals surface area contributed by atoms with Gasteiger partial charge in [0.15, 0.2) is 0 Å². The highest BCUT2D eigenvalue weighted by Crippen LogP contribution is 2.29. The molecule has 18 heavy (non-hydrogen) atoms. The molecule has 2 rings (SSSR count). The van der Waals surface area contributed by atoms with E-state index in [1.165, 1.54) is 6.07 Å². The van der Waals surface area contributed by atoms with Crippen molar-refractivity contribution in [2.75, 3.05) is 6.54 Å². The van der Waals surface area contributed by atoms with Gasteiger partial charge in [-0.25, -0.2) is 0 Å². The number of phenolic OH excluding ortho intramolecular Hbond substituents is 1. The standard InChI is InChI=1S/C14H16N2O2/c1-10-9-11(3-6-13(10)17)14(18)16(8-2-7-15)12-4-5-12/h3,6,9,12,17H,2,4-5,8H2,1H3. The second-order valence-corrected chi connectivity index (χ2v) is 4.64. The predicted octanol–water partition coefficient (Wildman–Crippen LogP) is 2.22. The maximum atomic E-state index is 12.3. The van der Waals surface area contributed by atoms with Gasteiger partial charge in [-0.1, -0.05) is 0 Å². The van der Waals surface area contributed by atoms with Gasteiger partial charge < -0.3 is 10.0 Å². The summed E-state index contributed by atoms with van der Waals surface area (Å²) in [5.74, 6) is 0.150. The van der Waals surface area contributed by atoms with Crippen LogP contribution in [0.1, 0.15) is 35.2 Å². The van der Waals surface area contributed by atoms with Gasteiger partial charge in [0.05, 0.1) is 12.5 Å². The molecule has 1 N–H and O–H groups in total. The van der Waals surface area contributed by atoms with Crippen molar-refractivity contribution in [1.82, 2.24) is 4.90 Å². The summed E-state index contributed by atoms with van der Waals surface area (Å²) in [6, 6.07) is 7.23. The monoisotopic (exact) mass is 244 g/mol. The van der Waals surface area contributed by atoms with E-state index in [2.05, 4.69) is 6.07 Å². The first-order chi connectivity index (χ1) is 8.63. The Labute approximate surface area is 106 Å². The van der Waals surface area contributed by atoms with Gasteiger partial charge in [-0.15, -0.1) is 0 Å². The second-order valence-electron chi connectivity index (χ2n) is 4.64. The zero-order chi connectivity index (χ0) is 13.1. The summed E-state index contributed by atoms with van der Waals surface area (Å²) in [6.07, 6.45) is 2.40. The molecule has 1 fully saturated rings. The molecule has 0 unspecified atom stereocenters. The maximum Gasteiger partial charge on any atom is 0.254 e. The van der Waals surface area contributed by atoms with Crippen molar-refractivity contribution in [3.8, 4) is 11.8 Å². The molecule has 1 aliphatic rings. The van der Waals surface area contributed by atoms with E-state index in [-0.39, 0.29) is 11.7 Å². The number of aryl methyl sites for hydroxylation is 1. The molecule has 0 atom stereocenters. The number of nitriles is 1. The highest BCUT2D eigenvalue weighted by Gasteiger charge is 2.32. The van der Waals surface area contributed by atoms with E-state index in [9.17, 15) is 9.90 Å². The molecule has 0 aliphatic heterocycles. The molecule has 0 spiro atoms. The highest BCUT2D eigenvalue weighted by molar-refractivity contribution is 5.95. The first-order valence-electron chi connectivity index (χ1n) is 6.11. The summed E-state index contributed by atoms with van der Waals surface area (Å²) >= 11 is 0. The first-order valence-corrected chi connectivity index (χ1v) is 6.11. The minimum atomic E-state index is -0.0455. The fourth-order valence-electron chi connectivity index (χ4n) is 1.96. The molecule has 1 aromatic carbocycles. The van der Waals surface area contributed by atoms with Crippen molar-refractivity contribution in [2.45, 2.75) is 32.2 Å². The van der Waals surface area contributed by atoms with E-state index >= 15 is 0 Å². The number of rotatable bonds is 4. The Bertz CT molecular complexity index is 501. The molecular weight excluding hydrogens is 228 g/mol. The molecule has 0 bridgehead atoms. The average molecular weight is 244 g/mol.